The Morgan fingerprint density at radius 1 is 0.583 bits per heavy atom. The summed E-state index contributed by atoms with van der Waals surface area (Å²) in [6.45, 7) is 9.11. The van der Waals surface area contributed by atoms with Gasteiger partial charge in [0.15, 0.2) is 0 Å². The molecule has 4 aromatic carbocycles. The Kier molecular flexibility index (Phi) is 3.89. The van der Waals surface area contributed by atoms with E-state index in [1.54, 1.807) is 0 Å². The molecule has 0 radical (unpaired) electrons. The third-order valence-corrected chi connectivity index (χ3v) is 6.39. The van der Waals surface area contributed by atoms with Gasteiger partial charge in [-0.1, -0.05) is 83.8 Å². The van der Waals surface area contributed by atoms with Crippen molar-refractivity contribution in [1.29, 1.82) is 0 Å². The maximum absolute atomic E-state index is 3.81. The molecule has 0 aliphatic rings. The summed E-state index contributed by atoms with van der Waals surface area (Å²) in [4.78, 5) is 0. The molecule has 0 aliphatic carbocycles. The number of halogens is 2. The number of rotatable bonds is 2. The van der Waals surface area contributed by atoms with Gasteiger partial charge in [-0.3, -0.25) is 0 Å². The predicted octanol–water partition coefficient (Wildman–Crippen LogP) is 8.36. The molecular weight excluding hydrogens is 424 g/mol. The molecule has 0 N–H and O–H groups in total. The van der Waals surface area contributed by atoms with Crippen molar-refractivity contribution in [1.82, 2.24) is 0 Å². The molecule has 0 aliphatic heterocycles. The van der Waals surface area contributed by atoms with E-state index in [0.29, 0.717) is 11.8 Å². The molecule has 0 unspecified atom stereocenters. The van der Waals surface area contributed by atoms with E-state index in [1.807, 2.05) is 0 Å². The maximum atomic E-state index is 3.81. The van der Waals surface area contributed by atoms with Crippen LogP contribution in [0, 0.1) is 0 Å². The van der Waals surface area contributed by atoms with Crippen molar-refractivity contribution in [3.8, 4) is 0 Å². The van der Waals surface area contributed by atoms with Crippen molar-refractivity contribution in [2.75, 3.05) is 0 Å². The number of hydrogen-bond donors (Lipinski definition) is 0. The minimum atomic E-state index is 0.489. The van der Waals surface area contributed by atoms with Crippen LogP contribution in [0.5, 0.6) is 0 Å². The fourth-order valence-electron chi connectivity index (χ4n) is 3.92. The van der Waals surface area contributed by atoms with E-state index in [1.165, 1.54) is 52.4 Å². The summed E-state index contributed by atoms with van der Waals surface area (Å²) in [5, 5.41) is 8.21. The first-order valence-electron chi connectivity index (χ1n) is 8.49. The van der Waals surface area contributed by atoms with E-state index in [-0.39, 0.29) is 0 Å². The van der Waals surface area contributed by atoms with E-state index >= 15 is 0 Å². The average molecular weight is 444 g/mol. The predicted molar refractivity (Wildman–Crippen MR) is 114 cm³/mol. The van der Waals surface area contributed by atoms with Gasteiger partial charge in [0.05, 0.1) is 0 Å². The van der Waals surface area contributed by atoms with Crippen molar-refractivity contribution in [3.05, 3.63) is 56.5 Å². The van der Waals surface area contributed by atoms with Gasteiger partial charge in [-0.15, -0.1) is 0 Å². The summed E-state index contributed by atoms with van der Waals surface area (Å²) in [5.41, 5.74) is 2.83. The Hall–Kier alpha value is -1.12. The summed E-state index contributed by atoms with van der Waals surface area (Å²) in [7, 11) is 0. The molecule has 0 nitrogen and oxygen atoms in total. The van der Waals surface area contributed by atoms with Crippen LogP contribution in [0.4, 0.5) is 0 Å². The van der Waals surface area contributed by atoms with Crippen LogP contribution < -0.4 is 0 Å². The summed E-state index contributed by atoms with van der Waals surface area (Å²) in [6.07, 6.45) is 0. The van der Waals surface area contributed by atoms with Crippen LogP contribution >= 0.6 is 31.9 Å². The summed E-state index contributed by atoms with van der Waals surface area (Å²) >= 11 is 7.63. The van der Waals surface area contributed by atoms with Gasteiger partial charge < -0.3 is 0 Å². The van der Waals surface area contributed by atoms with Crippen LogP contribution in [-0.2, 0) is 0 Å². The molecule has 4 rings (SSSR count). The minimum absolute atomic E-state index is 0.489. The molecule has 24 heavy (non-hydrogen) atoms. The molecule has 122 valence electrons. The van der Waals surface area contributed by atoms with Crippen LogP contribution in [0.3, 0.4) is 0 Å². The molecule has 4 aromatic rings. The van der Waals surface area contributed by atoms with Crippen LogP contribution in [0.25, 0.3) is 32.3 Å². The summed E-state index contributed by atoms with van der Waals surface area (Å²) < 4.78 is 2.39. The first-order valence-corrected chi connectivity index (χ1v) is 10.1. The third-order valence-electron chi connectivity index (χ3n) is 5.07. The zero-order valence-corrected chi connectivity index (χ0v) is 17.5. The van der Waals surface area contributed by atoms with Gasteiger partial charge in [-0.05, 0) is 56.6 Å². The fourth-order valence-corrected chi connectivity index (χ4v) is 5.04. The lowest BCUT2D eigenvalue weighted by atomic mass is 9.84. The first kappa shape index (κ1) is 16.4. The highest BCUT2D eigenvalue weighted by Crippen LogP contribution is 2.46. The van der Waals surface area contributed by atoms with Crippen molar-refractivity contribution >= 4 is 64.2 Å². The largest absolute Gasteiger partial charge is 0.0587 e. The quantitative estimate of drug-likeness (QED) is 0.273. The molecular formula is C22H20Br2. The Morgan fingerprint density at radius 2 is 0.958 bits per heavy atom. The molecule has 0 spiro atoms. The van der Waals surface area contributed by atoms with Gasteiger partial charge in [0.1, 0.15) is 0 Å². The standard InChI is InChI=1S/C22H20Br2/c1-11(2)15-9-13-5-8-18(24)22-16(12(3)4)10-14-6-7-17(23)21(15)19(14)20(13)22/h5-12H,1-4H3. The van der Waals surface area contributed by atoms with Gasteiger partial charge >= 0.3 is 0 Å². The molecule has 0 saturated heterocycles. The highest BCUT2D eigenvalue weighted by molar-refractivity contribution is 9.11. The number of hydrogen-bond acceptors (Lipinski definition) is 0. The molecule has 0 fully saturated rings. The van der Waals surface area contributed by atoms with Crippen molar-refractivity contribution in [2.45, 2.75) is 39.5 Å². The lowest BCUT2D eigenvalue weighted by Crippen LogP contribution is -1.98. The lowest BCUT2D eigenvalue weighted by molar-refractivity contribution is 0.875. The topological polar surface area (TPSA) is 0 Å². The molecule has 0 heterocycles. The van der Waals surface area contributed by atoms with Crippen LogP contribution in [0.2, 0.25) is 0 Å². The minimum Gasteiger partial charge on any atom is -0.0587 e. The maximum Gasteiger partial charge on any atom is 0.0257 e. The first-order chi connectivity index (χ1) is 11.4. The summed E-state index contributed by atoms with van der Waals surface area (Å²) in [5.74, 6) is 0.979. The second-order valence-electron chi connectivity index (χ2n) is 7.28. The Labute approximate surface area is 159 Å². The third kappa shape index (κ3) is 2.23. The summed E-state index contributed by atoms with van der Waals surface area (Å²) in [6, 6.07) is 13.7. The molecule has 2 heteroatoms. The SMILES string of the molecule is CC(C)c1cc2ccc(Br)c3c(C(C)C)cc4ccc(Br)c1c4c23. The zero-order chi connectivity index (χ0) is 17.2. The van der Waals surface area contributed by atoms with Crippen molar-refractivity contribution in [3.63, 3.8) is 0 Å². The van der Waals surface area contributed by atoms with E-state index in [4.69, 9.17) is 0 Å². The fraction of sp³-hybridized carbons (Fsp3) is 0.273. The monoisotopic (exact) mass is 442 g/mol. The Balaban J connectivity index is 2.39. The Bertz CT molecular complexity index is 986. The molecule has 0 amide bonds. The second kappa shape index (κ2) is 5.71. The molecule has 0 atom stereocenters. The molecule has 0 bridgehead atoms. The lowest BCUT2D eigenvalue weighted by Gasteiger charge is -2.21. The zero-order valence-electron chi connectivity index (χ0n) is 14.4. The van der Waals surface area contributed by atoms with E-state index < -0.39 is 0 Å². The number of benzene rings is 4. The smallest absolute Gasteiger partial charge is 0.0257 e. The van der Waals surface area contributed by atoms with Gasteiger partial charge in [-0.25, -0.2) is 0 Å². The Morgan fingerprint density at radius 3 is 1.29 bits per heavy atom. The highest BCUT2D eigenvalue weighted by Gasteiger charge is 2.20. The second-order valence-corrected chi connectivity index (χ2v) is 8.99. The highest BCUT2D eigenvalue weighted by atomic mass is 79.9. The van der Waals surface area contributed by atoms with E-state index in [0.717, 1.165) is 0 Å². The van der Waals surface area contributed by atoms with Gasteiger partial charge in [0.2, 0.25) is 0 Å². The van der Waals surface area contributed by atoms with Crippen LogP contribution in [-0.4, -0.2) is 0 Å². The van der Waals surface area contributed by atoms with Crippen LogP contribution in [0.15, 0.2) is 45.3 Å². The molecule has 0 saturated carbocycles. The van der Waals surface area contributed by atoms with Crippen molar-refractivity contribution < 1.29 is 0 Å². The van der Waals surface area contributed by atoms with Crippen molar-refractivity contribution in [2.24, 2.45) is 0 Å². The average Bonchev–Trinajstić information content (AvgIpc) is 2.54. The van der Waals surface area contributed by atoms with Crippen LogP contribution in [0.1, 0.15) is 50.7 Å². The normalized spacial score (nSPS) is 12.5. The van der Waals surface area contributed by atoms with Gasteiger partial charge in [0.25, 0.3) is 0 Å². The van der Waals surface area contributed by atoms with E-state index in [9.17, 15) is 0 Å². The molecule has 0 aromatic heterocycles. The van der Waals surface area contributed by atoms with E-state index in [2.05, 4.69) is 96.0 Å². The van der Waals surface area contributed by atoms with Gasteiger partial charge in [0, 0.05) is 19.7 Å². The van der Waals surface area contributed by atoms with Gasteiger partial charge in [-0.2, -0.15) is 0 Å².